The van der Waals surface area contributed by atoms with Gasteiger partial charge in [0.2, 0.25) is 5.78 Å². The lowest BCUT2D eigenvalue weighted by molar-refractivity contribution is -0.140. The van der Waals surface area contributed by atoms with Crippen molar-refractivity contribution in [1.29, 1.82) is 0 Å². The molecule has 2 aliphatic rings. The van der Waals surface area contributed by atoms with Crippen molar-refractivity contribution in [3.8, 4) is 0 Å². The Morgan fingerprint density at radius 1 is 1.19 bits per heavy atom. The van der Waals surface area contributed by atoms with Gasteiger partial charge >= 0.3 is 0 Å². The molecule has 0 spiro atoms. The topological polar surface area (TPSA) is 37.4 Å². The number of rotatable bonds is 3. The van der Waals surface area contributed by atoms with E-state index in [0.29, 0.717) is 13.0 Å². The van der Waals surface area contributed by atoms with Crippen LogP contribution in [0.4, 0.5) is 0 Å². The molecule has 1 saturated carbocycles. The summed E-state index contributed by atoms with van der Waals surface area (Å²) in [5, 5.41) is 0. The Labute approximate surface area is 97.2 Å². The van der Waals surface area contributed by atoms with Crippen molar-refractivity contribution < 1.29 is 9.59 Å². The van der Waals surface area contributed by atoms with Crippen LogP contribution in [0.3, 0.4) is 0 Å². The van der Waals surface area contributed by atoms with E-state index in [2.05, 4.69) is 6.92 Å². The Bertz CT molecular complexity index is 280. The number of nitrogens with zero attached hydrogens (tertiary/aromatic N) is 1. The molecule has 2 rings (SSSR count). The molecule has 1 heterocycles. The molecule has 0 atom stereocenters. The number of amides is 1. The Morgan fingerprint density at radius 2 is 1.88 bits per heavy atom. The van der Waals surface area contributed by atoms with Crippen LogP contribution in [0, 0.1) is 11.8 Å². The van der Waals surface area contributed by atoms with E-state index in [9.17, 15) is 9.59 Å². The van der Waals surface area contributed by atoms with Crippen molar-refractivity contribution >= 4 is 11.7 Å². The Kier molecular flexibility index (Phi) is 3.62. The largest absolute Gasteiger partial charge is 0.336 e. The molecule has 0 aromatic carbocycles. The monoisotopic (exact) mass is 223 g/mol. The Hall–Kier alpha value is -0.860. The van der Waals surface area contributed by atoms with Gasteiger partial charge in [-0.1, -0.05) is 32.6 Å². The third kappa shape index (κ3) is 2.63. The van der Waals surface area contributed by atoms with Gasteiger partial charge < -0.3 is 4.90 Å². The maximum Gasteiger partial charge on any atom is 0.290 e. The molecule has 0 aromatic heterocycles. The first-order valence-electron chi connectivity index (χ1n) is 6.49. The molecule has 16 heavy (non-hydrogen) atoms. The normalized spacial score (nSPS) is 31.2. The van der Waals surface area contributed by atoms with Crippen molar-refractivity contribution in [2.75, 3.05) is 13.1 Å². The second kappa shape index (κ2) is 4.98. The molecule has 1 saturated heterocycles. The second-order valence-electron chi connectivity index (χ2n) is 5.38. The molecule has 1 aliphatic carbocycles. The summed E-state index contributed by atoms with van der Waals surface area (Å²) in [5.41, 5.74) is 0. The van der Waals surface area contributed by atoms with E-state index in [-0.39, 0.29) is 11.7 Å². The number of Topliss-reactive ketones (excluding diaryl/α,β-unsaturated/α-hetero) is 1. The SMILES string of the molecule is CC1CCC(CCN2CCC(=O)C2=O)CC1. The van der Waals surface area contributed by atoms with Gasteiger partial charge in [-0.2, -0.15) is 0 Å². The van der Waals surface area contributed by atoms with Crippen LogP contribution in [-0.2, 0) is 9.59 Å². The van der Waals surface area contributed by atoms with Crippen LogP contribution in [0.15, 0.2) is 0 Å². The molecule has 90 valence electrons. The van der Waals surface area contributed by atoms with E-state index in [0.717, 1.165) is 24.8 Å². The highest BCUT2D eigenvalue weighted by Crippen LogP contribution is 2.30. The number of carbonyl (C=O) groups excluding carboxylic acids is 2. The van der Waals surface area contributed by atoms with Gasteiger partial charge in [0, 0.05) is 19.5 Å². The van der Waals surface area contributed by atoms with Gasteiger partial charge in [0.05, 0.1) is 0 Å². The van der Waals surface area contributed by atoms with Crippen molar-refractivity contribution in [1.82, 2.24) is 4.90 Å². The quantitative estimate of drug-likeness (QED) is 0.686. The molecule has 0 radical (unpaired) electrons. The van der Waals surface area contributed by atoms with Gasteiger partial charge in [-0.15, -0.1) is 0 Å². The van der Waals surface area contributed by atoms with Crippen molar-refractivity contribution in [2.24, 2.45) is 11.8 Å². The second-order valence-corrected chi connectivity index (χ2v) is 5.38. The number of hydrogen-bond acceptors (Lipinski definition) is 2. The van der Waals surface area contributed by atoms with Gasteiger partial charge in [0.1, 0.15) is 0 Å². The number of hydrogen-bond donors (Lipinski definition) is 0. The Balaban J connectivity index is 1.72. The molecule has 0 aromatic rings. The predicted molar refractivity (Wildman–Crippen MR) is 61.9 cm³/mol. The van der Waals surface area contributed by atoms with Crippen LogP contribution in [0.5, 0.6) is 0 Å². The Morgan fingerprint density at radius 3 is 2.44 bits per heavy atom. The van der Waals surface area contributed by atoms with E-state index < -0.39 is 0 Å². The summed E-state index contributed by atoms with van der Waals surface area (Å²) in [6.45, 7) is 3.77. The molecular weight excluding hydrogens is 202 g/mol. The van der Waals surface area contributed by atoms with Crippen LogP contribution in [0.2, 0.25) is 0 Å². The van der Waals surface area contributed by atoms with Crippen molar-refractivity contribution in [3.05, 3.63) is 0 Å². The molecule has 3 heteroatoms. The van der Waals surface area contributed by atoms with Crippen molar-refractivity contribution in [3.63, 3.8) is 0 Å². The molecule has 3 nitrogen and oxygen atoms in total. The minimum Gasteiger partial charge on any atom is -0.336 e. The minimum atomic E-state index is -0.246. The maximum absolute atomic E-state index is 11.4. The molecule has 1 amide bonds. The fourth-order valence-corrected chi connectivity index (χ4v) is 2.79. The van der Waals surface area contributed by atoms with Gasteiger partial charge in [-0.25, -0.2) is 0 Å². The van der Waals surface area contributed by atoms with Crippen LogP contribution >= 0.6 is 0 Å². The van der Waals surface area contributed by atoms with E-state index in [4.69, 9.17) is 0 Å². The lowest BCUT2D eigenvalue weighted by Crippen LogP contribution is -2.30. The predicted octanol–water partition coefficient (Wildman–Crippen LogP) is 2.00. The van der Waals surface area contributed by atoms with Crippen LogP contribution < -0.4 is 0 Å². The van der Waals surface area contributed by atoms with Gasteiger partial charge in [-0.3, -0.25) is 9.59 Å². The minimum absolute atomic E-state index is 0.197. The third-order valence-electron chi connectivity index (χ3n) is 4.08. The molecular formula is C13H21NO2. The van der Waals surface area contributed by atoms with E-state index in [1.165, 1.54) is 25.7 Å². The summed E-state index contributed by atoms with van der Waals surface area (Å²) >= 11 is 0. The molecule has 0 N–H and O–H groups in total. The highest BCUT2D eigenvalue weighted by molar-refractivity contribution is 6.37. The lowest BCUT2D eigenvalue weighted by Gasteiger charge is -2.27. The average molecular weight is 223 g/mol. The third-order valence-corrected chi connectivity index (χ3v) is 4.08. The van der Waals surface area contributed by atoms with Crippen molar-refractivity contribution in [2.45, 2.75) is 45.4 Å². The van der Waals surface area contributed by atoms with Crippen LogP contribution in [-0.4, -0.2) is 29.7 Å². The zero-order valence-corrected chi connectivity index (χ0v) is 10.1. The van der Waals surface area contributed by atoms with E-state index in [1.807, 2.05) is 0 Å². The fourth-order valence-electron chi connectivity index (χ4n) is 2.79. The summed E-state index contributed by atoms with van der Waals surface area (Å²) in [7, 11) is 0. The van der Waals surface area contributed by atoms with E-state index >= 15 is 0 Å². The molecule has 0 bridgehead atoms. The van der Waals surface area contributed by atoms with E-state index in [1.54, 1.807) is 4.90 Å². The van der Waals surface area contributed by atoms with Crippen LogP contribution in [0.25, 0.3) is 0 Å². The zero-order chi connectivity index (χ0) is 11.5. The standard InChI is InChI=1S/C13H21NO2/c1-10-2-4-11(5-3-10)6-8-14-9-7-12(15)13(14)16/h10-11H,2-9H2,1H3. The zero-order valence-electron chi connectivity index (χ0n) is 10.1. The number of ketones is 1. The van der Waals surface area contributed by atoms with Gasteiger partial charge in [-0.05, 0) is 18.3 Å². The lowest BCUT2D eigenvalue weighted by atomic mass is 9.81. The molecule has 1 aliphatic heterocycles. The molecule has 0 unspecified atom stereocenters. The summed E-state index contributed by atoms with van der Waals surface area (Å²) in [5.74, 6) is 1.22. The first-order chi connectivity index (χ1) is 7.66. The first-order valence-corrected chi connectivity index (χ1v) is 6.49. The highest BCUT2D eigenvalue weighted by Gasteiger charge is 2.29. The fraction of sp³-hybridized carbons (Fsp3) is 0.846. The molecule has 2 fully saturated rings. The summed E-state index contributed by atoms with van der Waals surface area (Å²) in [4.78, 5) is 24.2. The van der Waals surface area contributed by atoms with Crippen LogP contribution in [0.1, 0.15) is 45.4 Å². The highest BCUT2D eigenvalue weighted by atomic mass is 16.2. The summed E-state index contributed by atoms with van der Waals surface area (Å²) in [6.07, 6.45) is 6.79. The van der Waals surface area contributed by atoms with Gasteiger partial charge in [0.15, 0.2) is 0 Å². The first kappa shape index (κ1) is 11.6. The number of likely N-dealkylation sites (tertiary alicyclic amines) is 1. The maximum atomic E-state index is 11.4. The average Bonchev–Trinajstić information content (AvgIpc) is 2.60. The smallest absolute Gasteiger partial charge is 0.290 e. The number of carbonyl (C=O) groups is 2. The van der Waals surface area contributed by atoms with Gasteiger partial charge in [0.25, 0.3) is 5.91 Å². The summed E-state index contributed by atoms with van der Waals surface area (Å²) < 4.78 is 0. The summed E-state index contributed by atoms with van der Waals surface area (Å²) in [6, 6.07) is 0.